The zero-order valence-electron chi connectivity index (χ0n) is 26.6. The van der Waals surface area contributed by atoms with Crippen LogP contribution in [-0.2, 0) is 19.2 Å². The first-order valence-electron chi connectivity index (χ1n) is 15.8. The molecular weight excluding hydrogens is 569 g/mol. The normalized spacial score (nSPS) is 12.8. The topological polar surface area (TPSA) is 116 Å². The van der Waals surface area contributed by atoms with Gasteiger partial charge in [0.25, 0.3) is 0 Å². The predicted octanol–water partition coefficient (Wildman–Crippen LogP) is 6.22. The molecule has 2 atom stereocenters. The largest absolute Gasteiger partial charge is 0.359 e. The Morgan fingerprint density at radius 3 is 1.21 bits per heavy atom. The van der Waals surface area contributed by atoms with Crippen molar-refractivity contribution in [3.63, 3.8) is 0 Å². The Bertz CT molecular complexity index is 728. The first-order valence-corrected chi connectivity index (χ1v) is 18.3. The van der Waals surface area contributed by atoms with Crippen LogP contribution in [-0.4, -0.2) is 61.3 Å². The third-order valence-corrected chi connectivity index (χ3v) is 9.17. The lowest BCUT2D eigenvalue weighted by molar-refractivity contribution is -0.121. The maximum atomic E-state index is 11.7. The molecule has 0 fully saturated rings. The number of unbranched alkanes of at least 4 members (excludes halogenated alkanes) is 12. The van der Waals surface area contributed by atoms with Crippen LogP contribution in [0.1, 0.15) is 117 Å². The second-order valence-electron chi connectivity index (χ2n) is 10.7. The molecule has 4 N–H and O–H groups in total. The lowest BCUT2D eigenvalue weighted by Gasteiger charge is -2.16. The summed E-state index contributed by atoms with van der Waals surface area (Å²) in [5, 5.41) is 11.4. The lowest BCUT2D eigenvalue weighted by atomic mass is 10.1. The van der Waals surface area contributed by atoms with Crippen LogP contribution < -0.4 is 21.3 Å². The molecule has 0 radical (unpaired) electrons. The van der Waals surface area contributed by atoms with E-state index in [9.17, 15) is 19.2 Å². The summed E-state index contributed by atoms with van der Waals surface area (Å²) >= 11 is 0. The van der Waals surface area contributed by atoms with Gasteiger partial charge in [-0.1, -0.05) is 97.3 Å². The van der Waals surface area contributed by atoms with E-state index in [1.54, 1.807) is 49.5 Å². The predicted molar refractivity (Wildman–Crippen MR) is 180 cm³/mol. The van der Waals surface area contributed by atoms with Gasteiger partial charge in [-0.05, 0) is 38.5 Å². The van der Waals surface area contributed by atoms with Gasteiger partial charge in [-0.25, -0.2) is 0 Å². The van der Waals surface area contributed by atoms with Gasteiger partial charge in [0.2, 0.25) is 23.6 Å². The number of amides is 4. The van der Waals surface area contributed by atoms with E-state index in [-0.39, 0.29) is 35.7 Å². The van der Waals surface area contributed by atoms with Crippen LogP contribution in [0.25, 0.3) is 0 Å². The van der Waals surface area contributed by atoms with E-state index < -0.39 is 0 Å². The number of carbonyl (C=O) groups is 4. The van der Waals surface area contributed by atoms with Crippen LogP contribution in [0.2, 0.25) is 0 Å². The van der Waals surface area contributed by atoms with Crippen LogP contribution in [0, 0.1) is 0 Å². The molecule has 4 amide bonds. The van der Waals surface area contributed by atoms with Crippen LogP contribution in [0.4, 0.5) is 0 Å². The van der Waals surface area contributed by atoms with E-state index in [0.717, 1.165) is 62.9 Å². The maximum absolute atomic E-state index is 11.7. The summed E-state index contributed by atoms with van der Waals surface area (Å²) in [7, 11) is 6.79. The molecule has 0 aliphatic heterocycles. The molecule has 0 saturated carbocycles. The molecule has 42 heavy (non-hydrogen) atoms. The Hall–Kier alpha value is -1.94. The molecule has 242 valence electrons. The Morgan fingerprint density at radius 2 is 0.881 bits per heavy atom. The number of nitrogens with one attached hydrogen (secondary N) is 4. The van der Waals surface area contributed by atoms with Gasteiger partial charge in [-0.15, -0.1) is 0 Å². The molecule has 1 unspecified atom stereocenters. The van der Waals surface area contributed by atoms with Crippen LogP contribution in [0.15, 0.2) is 24.3 Å². The highest BCUT2D eigenvalue weighted by atomic mass is 33.1. The third-order valence-electron chi connectivity index (χ3n) is 6.70. The van der Waals surface area contributed by atoms with Crippen molar-refractivity contribution in [2.24, 2.45) is 0 Å². The van der Waals surface area contributed by atoms with Gasteiger partial charge in [-0.3, -0.25) is 19.2 Å². The summed E-state index contributed by atoms with van der Waals surface area (Å²) in [6.07, 6.45) is 25.2. The Kier molecular flexibility index (Phi) is 27.8. The number of rotatable bonds is 27. The second-order valence-corrected chi connectivity index (χ2v) is 13.3. The Morgan fingerprint density at radius 1 is 0.548 bits per heavy atom. The van der Waals surface area contributed by atoms with Crippen LogP contribution in [0.3, 0.4) is 0 Å². The first-order chi connectivity index (χ1) is 20.3. The highest BCUT2D eigenvalue weighted by Crippen LogP contribution is 2.24. The minimum absolute atomic E-state index is 0.0109. The van der Waals surface area contributed by atoms with Crippen molar-refractivity contribution in [3.05, 3.63) is 24.3 Å². The van der Waals surface area contributed by atoms with E-state index in [1.165, 1.54) is 38.5 Å². The smallest absolute Gasteiger partial charge is 0.219 e. The average Bonchev–Trinajstić information content (AvgIpc) is 2.95. The lowest BCUT2D eigenvalue weighted by Crippen LogP contribution is -2.34. The molecule has 0 heterocycles. The van der Waals surface area contributed by atoms with E-state index >= 15 is 0 Å². The van der Waals surface area contributed by atoms with Gasteiger partial charge in [0.05, 0.1) is 12.1 Å². The summed E-state index contributed by atoms with van der Waals surface area (Å²) < 4.78 is 0. The van der Waals surface area contributed by atoms with E-state index in [4.69, 9.17) is 0 Å². The third kappa shape index (κ3) is 28.2. The van der Waals surface area contributed by atoms with E-state index in [0.29, 0.717) is 12.8 Å². The fraction of sp³-hybridized carbons (Fsp3) is 0.750. The van der Waals surface area contributed by atoms with Gasteiger partial charge < -0.3 is 21.3 Å². The molecule has 0 aromatic rings. The molecule has 0 saturated heterocycles. The van der Waals surface area contributed by atoms with Crippen LogP contribution >= 0.6 is 21.6 Å². The van der Waals surface area contributed by atoms with E-state index in [1.807, 2.05) is 0 Å². The molecule has 0 bridgehead atoms. The molecule has 0 spiro atoms. The van der Waals surface area contributed by atoms with E-state index in [2.05, 4.69) is 45.6 Å². The molecule has 10 heteroatoms. The molecule has 0 aliphatic rings. The minimum atomic E-state index is -0.0324. The molecule has 0 aliphatic carbocycles. The van der Waals surface area contributed by atoms with Gasteiger partial charge in [-0.2, -0.15) is 0 Å². The second kappa shape index (κ2) is 29.1. The molecule has 0 aromatic carbocycles. The summed E-state index contributed by atoms with van der Waals surface area (Å²) in [6, 6.07) is -0.0217. The fourth-order valence-corrected chi connectivity index (χ4v) is 6.67. The molecule has 8 nitrogen and oxygen atoms in total. The highest BCUT2D eigenvalue weighted by Gasteiger charge is 2.10. The summed E-state index contributed by atoms with van der Waals surface area (Å²) in [5.41, 5.74) is 0. The standard InChI is InChI=1S/C32H58N4O4S2/c1-27(37)35-29(21-17-13-9-5-7-11-15-19-23-31(39)33-3)25-41-42-26-30(36-28(2)38)22-18-14-10-6-8-12-16-20-24-32(40)34-4/h17-18,21-22,29-30H,5-16,19-20,23-26H2,1-4H3,(H,33,39)(H,34,40)(H,35,37)(H,36,38)/b21-17+,22-18+/t29-,30?/m1/s1. The van der Waals surface area contributed by atoms with Crippen molar-refractivity contribution in [2.75, 3.05) is 25.6 Å². The van der Waals surface area contributed by atoms with Crippen molar-refractivity contribution in [1.29, 1.82) is 0 Å². The summed E-state index contributed by atoms with van der Waals surface area (Å²) in [6.45, 7) is 3.10. The number of hydrogen-bond acceptors (Lipinski definition) is 6. The van der Waals surface area contributed by atoms with Crippen molar-refractivity contribution in [3.8, 4) is 0 Å². The molecular formula is C32H58N4O4S2. The summed E-state index contributed by atoms with van der Waals surface area (Å²) in [4.78, 5) is 45.8. The zero-order chi connectivity index (χ0) is 31.3. The summed E-state index contributed by atoms with van der Waals surface area (Å²) in [5.74, 6) is 1.72. The number of hydrogen-bond donors (Lipinski definition) is 4. The first kappa shape index (κ1) is 40.1. The Labute approximate surface area is 263 Å². The maximum Gasteiger partial charge on any atom is 0.219 e. The van der Waals surface area contributed by atoms with Crippen molar-refractivity contribution < 1.29 is 19.2 Å². The van der Waals surface area contributed by atoms with Gasteiger partial charge in [0.1, 0.15) is 0 Å². The average molecular weight is 627 g/mol. The highest BCUT2D eigenvalue weighted by molar-refractivity contribution is 8.76. The van der Waals surface area contributed by atoms with Crippen molar-refractivity contribution in [1.82, 2.24) is 21.3 Å². The van der Waals surface area contributed by atoms with Gasteiger partial charge >= 0.3 is 0 Å². The monoisotopic (exact) mass is 626 g/mol. The number of carbonyl (C=O) groups excluding carboxylic acids is 4. The van der Waals surface area contributed by atoms with Crippen molar-refractivity contribution >= 4 is 45.2 Å². The number of allylic oxidation sites excluding steroid dienone is 2. The van der Waals surface area contributed by atoms with Crippen molar-refractivity contribution in [2.45, 2.75) is 129 Å². The quantitative estimate of drug-likeness (QED) is 0.0489. The zero-order valence-corrected chi connectivity index (χ0v) is 28.3. The molecule has 0 rings (SSSR count). The minimum Gasteiger partial charge on any atom is -0.359 e. The van der Waals surface area contributed by atoms with Gasteiger partial charge in [0, 0.05) is 52.3 Å². The van der Waals surface area contributed by atoms with Crippen LogP contribution in [0.5, 0.6) is 0 Å². The SMILES string of the molecule is CNC(=O)CCCCCCCC/C=C/C(CSSC[C@@H](/C=C/CCCCCCCCC(=O)NC)NC(C)=O)NC(C)=O. The fourth-order valence-electron chi connectivity index (χ4n) is 4.34. The molecule has 0 aromatic heterocycles. The van der Waals surface area contributed by atoms with Gasteiger partial charge in [0.15, 0.2) is 0 Å². The Balaban J connectivity index is 4.18.